The molecule has 166 valence electrons. The summed E-state index contributed by atoms with van der Waals surface area (Å²) in [6.07, 6.45) is 0.692. The summed E-state index contributed by atoms with van der Waals surface area (Å²) < 4.78 is 5.50. The number of aromatic nitrogens is 1. The van der Waals surface area contributed by atoms with Gasteiger partial charge < -0.3 is 20.7 Å². The van der Waals surface area contributed by atoms with Gasteiger partial charge in [0.1, 0.15) is 5.60 Å². The minimum atomic E-state index is -0.476. The molecule has 0 saturated carbocycles. The van der Waals surface area contributed by atoms with E-state index in [1.807, 2.05) is 75.4 Å². The maximum atomic E-state index is 12.3. The summed E-state index contributed by atoms with van der Waals surface area (Å²) in [6, 6.07) is 22.1. The number of carbonyl (C=O) groups is 1. The monoisotopic (exact) mass is 430 g/mol. The highest BCUT2D eigenvalue weighted by Gasteiger charge is 2.30. The van der Waals surface area contributed by atoms with E-state index >= 15 is 0 Å². The lowest BCUT2D eigenvalue weighted by atomic mass is 9.98. The van der Waals surface area contributed by atoms with Gasteiger partial charge in [0.15, 0.2) is 5.82 Å². The SMILES string of the molecule is CC(C)(C)OC(=O)N1CCC(c2ccc(Nc3nc(-c4ccccc4)ccc3N)cc2)C1. The van der Waals surface area contributed by atoms with Crippen LogP contribution in [0.4, 0.5) is 22.0 Å². The zero-order valence-corrected chi connectivity index (χ0v) is 18.8. The lowest BCUT2D eigenvalue weighted by molar-refractivity contribution is 0.0292. The van der Waals surface area contributed by atoms with Crippen LogP contribution in [0.25, 0.3) is 11.3 Å². The van der Waals surface area contributed by atoms with Crippen LogP contribution in [0.5, 0.6) is 0 Å². The van der Waals surface area contributed by atoms with Crippen LogP contribution in [0.2, 0.25) is 0 Å². The van der Waals surface area contributed by atoms with Gasteiger partial charge in [-0.1, -0.05) is 42.5 Å². The number of benzene rings is 2. The summed E-state index contributed by atoms with van der Waals surface area (Å²) in [6.45, 7) is 7.06. The van der Waals surface area contributed by atoms with Crippen LogP contribution in [0, 0.1) is 0 Å². The number of ether oxygens (including phenoxy) is 1. The van der Waals surface area contributed by atoms with E-state index in [0.717, 1.165) is 23.4 Å². The van der Waals surface area contributed by atoms with Gasteiger partial charge in [0.05, 0.1) is 11.4 Å². The molecule has 6 heteroatoms. The first-order valence-corrected chi connectivity index (χ1v) is 11.0. The second kappa shape index (κ2) is 8.91. The lowest BCUT2D eigenvalue weighted by Gasteiger charge is -2.24. The number of carbonyl (C=O) groups excluding carboxylic acids is 1. The van der Waals surface area contributed by atoms with Crippen molar-refractivity contribution in [2.24, 2.45) is 0 Å². The molecule has 1 fully saturated rings. The van der Waals surface area contributed by atoms with Crippen molar-refractivity contribution >= 4 is 23.3 Å². The van der Waals surface area contributed by atoms with Crippen molar-refractivity contribution in [2.75, 3.05) is 24.1 Å². The first kappa shape index (κ1) is 21.7. The first-order chi connectivity index (χ1) is 15.3. The zero-order chi connectivity index (χ0) is 22.7. The van der Waals surface area contributed by atoms with Gasteiger partial charge in [-0.05, 0) is 57.0 Å². The molecule has 2 aromatic carbocycles. The predicted molar refractivity (Wildman–Crippen MR) is 129 cm³/mol. The Bertz CT molecular complexity index is 1080. The quantitative estimate of drug-likeness (QED) is 0.547. The number of rotatable bonds is 4. The Kier molecular flexibility index (Phi) is 6.04. The molecule has 0 spiro atoms. The van der Waals surface area contributed by atoms with E-state index in [1.165, 1.54) is 5.56 Å². The lowest BCUT2D eigenvalue weighted by Crippen LogP contribution is -2.35. The van der Waals surface area contributed by atoms with Gasteiger partial charge in [0.2, 0.25) is 0 Å². The molecule has 1 aliphatic heterocycles. The number of anilines is 3. The zero-order valence-electron chi connectivity index (χ0n) is 18.8. The molecule has 3 aromatic rings. The smallest absolute Gasteiger partial charge is 0.410 e. The fraction of sp³-hybridized carbons (Fsp3) is 0.308. The van der Waals surface area contributed by atoms with Gasteiger partial charge in [-0.15, -0.1) is 0 Å². The Morgan fingerprint density at radius 1 is 1.06 bits per heavy atom. The largest absolute Gasteiger partial charge is 0.444 e. The van der Waals surface area contributed by atoms with E-state index in [4.69, 9.17) is 15.5 Å². The Morgan fingerprint density at radius 2 is 1.78 bits per heavy atom. The van der Waals surface area contributed by atoms with Crippen molar-refractivity contribution in [1.82, 2.24) is 9.88 Å². The van der Waals surface area contributed by atoms with Gasteiger partial charge in [-0.2, -0.15) is 0 Å². The molecule has 32 heavy (non-hydrogen) atoms. The molecule has 6 nitrogen and oxygen atoms in total. The number of pyridine rings is 1. The topological polar surface area (TPSA) is 80.5 Å². The van der Waals surface area contributed by atoms with Gasteiger partial charge in [0, 0.05) is 30.3 Å². The summed E-state index contributed by atoms with van der Waals surface area (Å²) in [4.78, 5) is 18.8. The molecule has 1 unspecified atom stereocenters. The summed E-state index contributed by atoms with van der Waals surface area (Å²) in [5, 5.41) is 3.33. The summed E-state index contributed by atoms with van der Waals surface area (Å²) >= 11 is 0. The highest BCUT2D eigenvalue weighted by atomic mass is 16.6. The fourth-order valence-electron chi connectivity index (χ4n) is 3.84. The standard InChI is InChI=1S/C26H30N4O2/c1-26(2,3)32-25(31)30-16-15-20(17-30)18-9-11-21(12-10-18)28-24-22(27)13-14-23(29-24)19-7-5-4-6-8-19/h4-14,20H,15-17,27H2,1-3H3,(H,28,29). The minimum Gasteiger partial charge on any atom is -0.444 e. The van der Waals surface area contributed by atoms with Crippen molar-refractivity contribution in [3.8, 4) is 11.3 Å². The maximum Gasteiger partial charge on any atom is 0.410 e. The van der Waals surface area contributed by atoms with Crippen molar-refractivity contribution in [3.63, 3.8) is 0 Å². The van der Waals surface area contributed by atoms with Crippen LogP contribution in [0.1, 0.15) is 38.7 Å². The fourth-order valence-corrected chi connectivity index (χ4v) is 3.84. The number of nitrogens with two attached hydrogens (primary N) is 1. The van der Waals surface area contributed by atoms with Crippen molar-refractivity contribution in [2.45, 2.75) is 38.7 Å². The summed E-state index contributed by atoms with van der Waals surface area (Å²) in [7, 11) is 0. The second-order valence-corrected chi connectivity index (χ2v) is 9.16. The molecule has 2 heterocycles. The third kappa shape index (κ3) is 5.19. The van der Waals surface area contributed by atoms with E-state index in [0.29, 0.717) is 30.5 Å². The predicted octanol–water partition coefficient (Wildman–Crippen LogP) is 5.80. The molecule has 1 aliphatic rings. The van der Waals surface area contributed by atoms with Crippen LogP contribution < -0.4 is 11.1 Å². The number of hydrogen-bond acceptors (Lipinski definition) is 5. The highest BCUT2D eigenvalue weighted by Crippen LogP contribution is 2.30. The molecule has 1 amide bonds. The Morgan fingerprint density at radius 3 is 2.47 bits per heavy atom. The van der Waals surface area contributed by atoms with Crippen molar-refractivity contribution in [1.29, 1.82) is 0 Å². The molecular formula is C26H30N4O2. The van der Waals surface area contributed by atoms with Crippen LogP contribution in [0.15, 0.2) is 66.7 Å². The first-order valence-electron chi connectivity index (χ1n) is 11.0. The number of amides is 1. The molecule has 0 radical (unpaired) electrons. The number of nitrogens with zero attached hydrogens (tertiary/aromatic N) is 2. The Balaban J connectivity index is 1.42. The van der Waals surface area contributed by atoms with E-state index in [-0.39, 0.29) is 6.09 Å². The number of likely N-dealkylation sites (tertiary alicyclic amines) is 1. The van der Waals surface area contributed by atoms with Crippen molar-refractivity contribution in [3.05, 3.63) is 72.3 Å². The minimum absolute atomic E-state index is 0.238. The second-order valence-electron chi connectivity index (χ2n) is 9.16. The number of nitrogen functional groups attached to an aromatic ring is 1. The molecule has 1 saturated heterocycles. The van der Waals surface area contributed by atoms with E-state index < -0.39 is 5.60 Å². The van der Waals surface area contributed by atoms with Gasteiger partial charge in [-0.25, -0.2) is 9.78 Å². The third-order valence-corrected chi connectivity index (χ3v) is 5.48. The number of nitrogens with one attached hydrogen (secondary N) is 1. The molecule has 1 aromatic heterocycles. The van der Waals surface area contributed by atoms with Crippen LogP contribution >= 0.6 is 0 Å². The van der Waals surface area contributed by atoms with E-state index in [9.17, 15) is 4.79 Å². The average Bonchev–Trinajstić information content (AvgIpc) is 3.26. The molecule has 4 rings (SSSR count). The van der Waals surface area contributed by atoms with Crippen LogP contribution in [0.3, 0.4) is 0 Å². The Hall–Kier alpha value is -3.54. The maximum absolute atomic E-state index is 12.3. The molecule has 0 aliphatic carbocycles. The van der Waals surface area contributed by atoms with Gasteiger partial charge >= 0.3 is 6.09 Å². The molecule has 0 bridgehead atoms. The van der Waals surface area contributed by atoms with Crippen LogP contribution in [-0.4, -0.2) is 34.7 Å². The van der Waals surface area contributed by atoms with Crippen LogP contribution in [-0.2, 0) is 4.74 Å². The summed E-state index contributed by atoms with van der Waals surface area (Å²) in [5.41, 5.74) is 10.3. The van der Waals surface area contributed by atoms with Gasteiger partial charge in [0.25, 0.3) is 0 Å². The van der Waals surface area contributed by atoms with E-state index in [1.54, 1.807) is 4.90 Å². The number of hydrogen-bond donors (Lipinski definition) is 2. The van der Waals surface area contributed by atoms with Gasteiger partial charge in [-0.3, -0.25) is 0 Å². The Labute approximate surface area is 189 Å². The molecule has 3 N–H and O–H groups in total. The van der Waals surface area contributed by atoms with Crippen molar-refractivity contribution < 1.29 is 9.53 Å². The summed E-state index contributed by atoms with van der Waals surface area (Å²) in [5.74, 6) is 0.942. The molecule has 1 atom stereocenters. The average molecular weight is 431 g/mol. The molecular weight excluding hydrogens is 400 g/mol. The normalized spacial score (nSPS) is 16.1. The highest BCUT2D eigenvalue weighted by molar-refractivity contribution is 5.73. The van der Waals surface area contributed by atoms with E-state index in [2.05, 4.69) is 17.4 Å². The third-order valence-electron chi connectivity index (χ3n) is 5.48.